The SMILES string of the molecule is CC(=O)c1ccc2cc3c(cc2c1)OCCO3.O=C(O)c1ccc2cc3c(cc2c1)OCCO3.[Na+].[O-]Br. The molecule has 4 aromatic carbocycles. The summed E-state index contributed by atoms with van der Waals surface area (Å²) < 4.78 is 30.0. The summed E-state index contributed by atoms with van der Waals surface area (Å²) in [7, 11) is 0. The van der Waals surface area contributed by atoms with E-state index >= 15 is 0 Å². The molecule has 2 heterocycles. The van der Waals surface area contributed by atoms with Crippen molar-refractivity contribution in [2.45, 2.75) is 6.92 Å². The third-order valence-electron chi connectivity index (χ3n) is 5.66. The van der Waals surface area contributed by atoms with Crippen molar-refractivity contribution in [3.05, 3.63) is 71.8 Å². The number of carbonyl (C=O) groups is 2. The van der Waals surface area contributed by atoms with Gasteiger partial charge >= 0.3 is 35.5 Å². The molecule has 0 radical (unpaired) electrons. The third-order valence-corrected chi connectivity index (χ3v) is 5.66. The van der Waals surface area contributed by atoms with Crippen molar-refractivity contribution >= 4 is 49.6 Å². The van der Waals surface area contributed by atoms with E-state index in [1.54, 1.807) is 41.4 Å². The molecule has 0 saturated heterocycles. The van der Waals surface area contributed by atoms with Gasteiger partial charge in [0.1, 0.15) is 26.4 Å². The minimum atomic E-state index is -0.929. The van der Waals surface area contributed by atoms with Crippen molar-refractivity contribution in [1.82, 2.24) is 0 Å². The number of hydrogen-bond acceptors (Lipinski definition) is 7. The number of Topliss-reactive ketones (excluding diaryl/α,β-unsaturated/α-hetero) is 1. The number of carboxylic acid groups (broad SMARTS) is 1. The standard InChI is InChI=1S/C14H12O3.C13H10O4.BrO.Na/c1-9(15)10-2-3-11-7-13-14(8-12(11)6-10)17-5-4-16-13;14-13(15)9-2-1-8-6-11-12(7-10(8)5-9)17-4-3-16-11;1-2;/h2-3,6-8H,4-5H2,1H3;1-2,5-7H,3-4H2,(H,14,15);;/q;;-1;+1. The molecule has 0 amide bonds. The van der Waals surface area contributed by atoms with Crippen LogP contribution in [0, 0.1) is 0 Å². The summed E-state index contributed by atoms with van der Waals surface area (Å²) in [5.41, 5.74) is 0.989. The number of hydrogen-bond donors (Lipinski definition) is 1. The van der Waals surface area contributed by atoms with Crippen LogP contribution in [0.1, 0.15) is 27.6 Å². The molecule has 10 heteroatoms. The Hall–Kier alpha value is -2.82. The first-order valence-electron chi connectivity index (χ1n) is 11.0. The van der Waals surface area contributed by atoms with Crippen LogP contribution < -0.4 is 52.7 Å². The minimum absolute atomic E-state index is 0. The van der Waals surface area contributed by atoms with E-state index in [0.717, 1.165) is 33.0 Å². The first kappa shape index (κ1) is 28.7. The fourth-order valence-corrected chi connectivity index (χ4v) is 3.92. The number of fused-ring (bicyclic) bond motifs is 4. The fraction of sp³-hybridized carbons (Fsp3) is 0.185. The number of rotatable bonds is 2. The fourth-order valence-electron chi connectivity index (χ4n) is 3.92. The Bertz CT molecular complexity index is 1330. The topological polar surface area (TPSA) is 114 Å². The number of carbonyl (C=O) groups excluding carboxylic acids is 1. The zero-order valence-electron chi connectivity index (χ0n) is 20.3. The van der Waals surface area contributed by atoms with Crippen LogP contribution in [0.4, 0.5) is 0 Å². The van der Waals surface area contributed by atoms with Crippen LogP contribution in [0.2, 0.25) is 0 Å². The van der Waals surface area contributed by atoms with Crippen molar-refractivity contribution in [2.75, 3.05) is 26.4 Å². The van der Waals surface area contributed by atoms with Crippen molar-refractivity contribution < 1.29 is 67.4 Å². The second kappa shape index (κ2) is 13.1. The molecule has 0 atom stereocenters. The van der Waals surface area contributed by atoms with E-state index in [0.29, 0.717) is 43.5 Å². The zero-order valence-corrected chi connectivity index (χ0v) is 23.9. The van der Waals surface area contributed by atoms with Crippen LogP contribution in [0.3, 0.4) is 0 Å². The van der Waals surface area contributed by atoms with E-state index in [1.807, 2.05) is 42.5 Å². The third kappa shape index (κ3) is 6.74. The second-order valence-electron chi connectivity index (χ2n) is 7.98. The first-order valence-corrected chi connectivity index (χ1v) is 11.7. The molecule has 0 spiro atoms. The van der Waals surface area contributed by atoms with Gasteiger partial charge in [-0.2, -0.15) is 0 Å². The van der Waals surface area contributed by atoms with Crippen molar-refractivity contribution in [1.29, 1.82) is 0 Å². The Balaban J connectivity index is 0.000000188. The molecule has 2 aliphatic rings. The number of ketones is 1. The number of aromatic carboxylic acids is 1. The Labute approximate surface area is 243 Å². The number of benzene rings is 4. The normalized spacial score (nSPS) is 12.7. The molecule has 0 fully saturated rings. The van der Waals surface area contributed by atoms with E-state index < -0.39 is 5.97 Å². The molecule has 0 aromatic heterocycles. The minimum Gasteiger partial charge on any atom is -0.791 e. The summed E-state index contributed by atoms with van der Waals surface area (Å²) >= 11 is 1.69. The van der Waals surface area contributed by atoms with E-state index in [4.69, 9.17) is 28.3 Å². The largest absolute Gasteiger partial charge is 1.00 e. The molecular formula is C27H22BrNaO8. The quantitative estimate of drug-likeness (QED) is 0.284. The average molecular weight is 577 g/mol. The molecule has 186 valence electrons. The Morgan fingerprint density at radius 1 is 0.649 bits per heavy atom. The maximum atomic E-state index is 11.3. The second-order valence-corrected chi connectivity index (χ2v) is 7.98. The molecule has 1 N–H and O–H groups in total. The van der Waals surface area contributed by atoms with Gasteiger partial charge in [-0.1, -0.05) is 18.2 Å². The smallest absolute Gasteiger partial charge is 0.791 e. The maximum absolute atomic E-state index is 11.3. The summed E-state index contributed by atoms with van der Waals surface area (Å²) in [6.45, 7) is 3.80. The predicted molar refractivity (Wildman–Crippen MR) is 136 cm³/mol. The molecule has 4 aromatic rings. The van der Waals surface area contributed by atoms with Crippen LogP contribution in [0.5, 0.6) is 23.0 Å². The molecule has 0 aliphatic carbocycles. The van der Waals surface area contributed by atoms with Crippen molar-refractivity contribution in [3.8, 4) is 23.0 Å². The predicted octanol–water partition coefficient (Wildman–Crippen LogP) is 1.78. The van der Waals surface area contributed by atoms with Gasteiger partial charge in [-0.3, -0.25) is 4.79 Å². The number of ether oxygens (including phenoxy) is 4. The summed E-state index contributed by atoms with van der Waals surface area (Å²) in [6, 6.07) is 18.2. The molecule has 2 aliphatic heterocycles. The Morgan fingerprint density at radius 2 is 1.00 bits per heavy atom. The zero-order chi connectivity index (χ0) is 25.7. The molecule has 0 bridgehead atoms. The van der Waals surface area contributed by atoms with Crippen LogP contribution in [0.15, 0.2) is 60.7 Å². The van der Waals surface area contributed by atoms with Gasteiger partial charge in [0.05, 0.1) is 5.56 Å². The maximum Gasteiger partial charge on any atom is 1.00 e. The van der Waals surface area contributed by atoms with Gasteiger partial charge in [0.15, 0.2) is 28.8 Å². The summed E-state index contributed by atoms with van der Waals surface area (Å²) in [6.07, 6.45) is 0. The van der Waals surface area contributed by atoms with Gasteiger partial charge < -0.3 is 28.3 Å². The number of carboxylic acids is 1. The van der Waals surface area contributed by atoms with Gasteiger partial charge in [0.25, 0.3) is 0 Å². The Morgan fingerprint density at radius 3 is 1.38 bits per heavy atom. The van der Waals surface area contributed by atoms with Crippen LogP contribution in [0.25, 0.3) is 21.5 Å². The van der Waals surface area contributed by atoms with Gasteiger partial charge in [-0.25, -0.2) is 21.1 Å². The molecule has 0 unspecified atom stereocenters. The summed E-state index contributed by atoms with van der Waals surface area (Å²) in [4.78, 5) is 22.2. The van der Waals surface area contributed by atoms with E-state index in [-0.39, 0.29) is 40.9 Å². The molecule has 6 rings (SSSR count). The van der Waals surface area contributed by atoms with Crippen molar-refractivity contribution in [3.63, 3.8) is 0 Å². The van der Waals surface area contributed by atoms with E-state index in [9.17, 15) is 9.59 Å². The Kier molecular flexibility index (Phi) is 10.2. The molecular weight excluding hydrogens is 555 g/mol. The van der Waals surface area contributed by atoms with Gasteiger partial charge in [-0.15, -0.1) is 0 Å². The average Bonchev–Trinajstić information content (AvgIpc) is 2.91. The molecule has 37 heavy (non-hydrogen) atoms. The van der Waals surface area contributed by atoms with Crippen LogP contribution >= 0.6 is 16.3 Å². The van der Waals surface area contributed by atoms with Gasteiger partial charge in [0.2, 0.25) is 0 Å². The van der Waals surface area contributed by atoms with E-state index in [2.05, 4.69) is 0 Å². The van der Waals surface area contributed by atoms with Gasteiger partial charge in [-0.05, 0) is 70.9 Å². The van der Waals surface area contributed by atoms with Crippen LogP contribution in [-0.2, 0) is 0 Å². The van der Waals surface area contributed by atoms with Crippen molar-refractivity contribution in [2.24, 2.45) is 0 Å². The van der Waals surface area contributed by atoms with Crippen LogP contribution in [-0.4, -0.2) is 43.3 Å². The number of halogens is 1. The monoisotopic (exact) mass is 576 g/mol. The van der Waals surface area contributed by atoms with E-state index in [1.165, 1.54) is 0 Å². The summed E-state index contributed by atoms with van der Waals surface area (Å²) in [5, 5.41) is 12.8. The first-order chi connectivity index (χ1) is 17.5. The molecule has 0 saturated carbocycles. The summed E-state index contributed by atoms with van der Waals surface area (Å²) in [5.74, 6) is 2.06. The molecule has 8 nitrogen and oxygen atoms in total. The van der Waals surface area contributed by atoms with Gasteiger partial charge in [0, 0.05) is 5.56 Å².